The minimum atomic E-state index is 0.556. The Morgan fingerprint density at radius 1 is 1.50 bits per heavy atom. The highest BCUT2D eigenvalue weighted by atomic mass is 35.5. The second-order valence-electron chi connectivity index (χ2n) is 4.33. The maximum absolute atomic E-state index is 5.73. The summed E-state index contributed by atoms with van der Waals surface area (Å²) in [6.45, 7) is 4.28. The number of piperidine rings is 1. The van der Waals surface area contributed by atoms with Crippen LogP contribution in [0.15, 0.2) is 18.3 Å². The quantitative estimate of drug-likeness (QED) is 0.788. The number of pyridine rings is 1. The third-order valence-electron chi connectivity index (χ3n) is 2.95. The largest absolute Gasteiger partial charge is 0.316 e. The zero-order valence-electron chi connectivity index (χ0n) is 9.38. The van der Waals surface area contributed by atoms with Crippen molar-refractivity contribution >= 4 is 11.6 Å². The van der Waals surface area contributed by atoms with E-state index in [1.807, 2.05) is 18.3 Å². The van der Waals surface area contributed by atoms with E-state index in [-0.39, 0.29) is 0 Å². The van der Waals surface area contributed by atoms with E-state index in [4.69, 9.17) is 11.6 Å². The minimum Gasteiger partial charge on any atom is -0.316 e. The molecule has 0 aromatic carbocycles. The van der Waals surface area contributed by atoms with Crippen LogP contribution in [0, 0.1) is 5.92 Å². The molecular formula is C12H18ClN3. The van der Waals surface area contributed by atoms with Crippen molar-refractivity contribution in [1.29, 1.82) is 0 Å². The number of nitrogens with one attached hydrogen (secondary N) is 2. The highest BCUT2D eigenvalue weighted by Crippen LogP contribution is 2.09. The average molecular weight is 240 g/mol. The van der Waals surface area contributed by atoms with Crippen LogP contribution in [0.4, 0.5) is 0 Å². The average Bonchev–Trinajstić information content (AvgIpc) is 2.33. The summed E-state index contributed by atoms with van der Waals surface area (Å²) in [6, 6.07) is 3.85. The van der Waals surface area contributed by atoms with Crippen molar-refractivity contribution in [3.8, 4) is 0 Å². The van der Waals surface area contributed by atoms with E-state index < -0.39 is 0 Å². The summed E-state index contributed by atoms with van der Waals surface area (Å²) in [7, 11) is 0. The Morgan fingerprint density at radius 3 is 3.12 bits per heavy atom. The van der Waals surface area contributed by atoms with Crippen molar-refractivity contribution in [1.82, 2.24) is 15.6 Å². The van der Waals surface area contributed by atoms with Crippen LogP contribution in [0.1, 0.15) is 18.4 Å². The van der Waals surface area contributed by atoms with Gasteiger partial charge >= 0.3 is 0 Å². The van der Waals surface area contributed by atoms with Crippen LogP contribution in [-0.2, 0) is 6.54 Å². The Morgan fingerprint density at radius 2 is 2.44 bits per heavy atom. The van der Waals surface area contributed by atoms with E-state index in [0.717, 1.165) is 25.6 Å². The van der Waals surface area contributed by atoms with Crippen LogP contribution >= 0.6 is 11.6 Å². The lowest BCUT2D eigenvalue weighted by Gasteiger charge is -2.22. The Hall–Kier alpha value is -0.640. The summed E-state index contributed by atoms with van der Waals surface area (Å²) in [5, 5.41) is 7.44. The van der Waals surface area contributed by atoms with Gasteiger partial charge in [0.05, 0.1) is 0 Å². The van der Waals surface area contributed by atoms with Crippen molar-refractivity contribution < 1.29 is 0 Å². The number of rotatable bonds is 4. The van der Waals surface area contributed by atoms with E-state index >= 15 is 0 Å². The highest BCUT2D eigenvalue weighted by molar-refractivity contribution is 6.29. The highest BCUT2D eigenvalue weighted by Gasteiger charge is 2.11. The van der Waals surface area contributed by atoms with Crippen molar-refractivity contribution in [3.05, 3.63) is 29.0 Å². The third-order valence-corrected chi connectivity index (χ3v) is 3.17. The first kappa shape index (κ1) is 11.8. The van der Waals surface area contributed by atoms with Gasteiger partial charge in [-0.15, -0.1) is 0 Å². The van der Waals surface area contributed by atoms with Crippen molar-refractivity contribution in [2.24, 2.45) is 5.92 Å². The maximum Gasteiger partial charge on any atom is 0.129 e. The van der Waals surface area contributed by atoms with E-state index in [1.165, 1.54) is 24.9 Å². The zero-order chi connectivity index (χ0) is 11.2. The molecule has 0 bridgehead atoms. The lowest BCUT2D eigenvalue weighted by atomic mass is 10.00. The fourth-order valence-electron chi connectivity index (χ4n) is 2.03. The van der Waals surface area contributed by atoms with E-state index in [2.05, 4.69) is 15.6 Å². The first-order valence-corrected chi connectivity index (χ1v) is 6.24. The normalized spacial score (nSPS) is 20.9. The lowest BCUT2D eigenvalue weighted by molar-refractivity contribution is 0.360. The summed E-state index contributed by atoms with van der Waals surface area (Å²) < 4.78 is 0. The molecule has 0 radical (unpaired) electrons. The second-order valence-corrected chi connectivity index (χ2v) is 4.72. The minimum absolute atomic E-state index is 0.556. The van der Waals surface area contributed by atoms with Crippen LogP contribution in [0.5, 0.6) is 0 Å². The van der Waals surface area contributed by atoms with Gasteiger partial charge in [-0.25, -0.2) is 4.98 Å². The van der Waals surface area contributed by atoms with Gasteiger partial charge in [-0.3, -0.25) is 0 Å². The molecule has 3 nitrogen and oxygen atoms in total. The first-order chi connectivity index (χ1) is 7.84. The molecule has 1 atom stereocenters. The molecule has 1 aliphatic rings. The van der Waals surface area contributed by atoms with Crippen LogP contribution in [0.2, 0.25) is 5.15 Å². The number of halogens is 1. The molecule has 2 heterocycles. The maximum atomic E-state index is 5.73. The molecule has 1 aromatic rings. The molecule has 1 aliphatic heterocycles. The van der Waals surface area contributed by atoms with Crippen molar-refractivity contribution in [3.63, 3.8) is 0 Å². The molecule has 0 saturated carbocycles. The van der Waals surface area contributed by atoms with E-state index in [0.29, 0.717) is 5.15 Å². The van der Waals surface area contributed by atoms with Gasteiger partial charge in [-0.2, -0.15) is 0 Å². The molecule has 1 aromatic heterocycles. The van der Waals surface area contributed by atoms with E-state index in [1.54, 1.807) is 0 Å². The molecule has 0 unspecified atom stereocenters. The van der Waals surface area contributed by atoms with Gasteiger partial charge in [0.25, 0.3) is 0 Å². The summed E-state index contributed by atoms with van der Waals surface area (Å²) in [6.07, 6.45) is 4.46. The summed E-state index contributed by atoms with van der Waals surface area (Å²) in [4.78, 5) is 4.06. The zero-order valence-corrected chi connectivity index (χ0v) is 10.1. The number of nitrogens with zero attached hydrogens (tertiary/aromatic N) is 1. The molecule has 4 heteroatoms. The van der Waals surface area contributed by atoms with Crippen LogP contribution in [-0.4, -0.2) is 24.6 Å². The fraction of sp³-hybridized carbons (Fsp3) is 0.583. The smallest absolute Gasteiger partial charge is 0.129 e. The van der Waals surface area contributed by atoms with Crippen LogP contribution in [0.25, 0.3) is 0 Å². The molecule has 2 N–H and O–H groups in total. The summed E-state index contributed by atoms with van der Waals surface area (Å²) >= 11 is 5.73. The molecular weight excluding hydrogens is 222 g/mol. The van der Waals surface area contributed by atoms with Crippen LogP contribution in [0.3, 0.4) is 0 Å². The topological polar surface area (TPSA) is 37.0 Å². The summed E-state index contributed by atoms with van der Waals surface area (Å²) in [5.41, 5.74) is 1.19. The van der Waals surface area contributed by atoms with Gasteiger partial charge in [0, 0.05) is 12.7 Å². The number of hydrogen-bond acceptors (Lipinski definition) is 3. The first-order valence-electron chi connectivity index (χ1n) is 5.86. The monoisotopic (exact) mass is 239 g/mol. The lowest BCUT2D eigenvalue weighted by Crippen LogP contribution is -2.35. The van der Waals surface area contributed by atoms with Crippen LogP contribution < -0.4 is 10.6 Å². The van der Waals surface area contributed by atoms with Gasteiger partial charge in [-0.1, -0.05) is 17.7 Å². The van der Waals surface area contributed by atoms with Gasteiger partial charge in [0.15, 0.2) is 0 Å². The van der Waals surface area contributed by atoms with Gasteiger partial charge < -0.3 is 10.6 Å². The number of hydrogen-bond donors (Lipinski definition) is 2. The standard InChI is InChI=1S/C12H18ClN3/c13-12-4-3-11(9-16-12)8-15-7-10-2-1-5-14-6-10/h3-4,9-10,14-15H,1-2,5-8H2/t10-/m1/s1. The Kier molecular flexibility index (Phi) is 4.57. The molecule has 0 aliphatic carbocycles. The second kappa shape index (κ2) is 6.18. The fourth-order valence-corrected chi connectivity index (χ4v) is 2.14. The van der Waals surface area contributed by atoms with Crippen molar-refractivity contribution in [2.75, 3.05) is 19.6 Å². The third kappa shape index (κ3) is 3.74. The van der Waals surface area contributed by atoms with E-state index in [9.17, 15) is 0 Å². The Bertz CT molecular complexity index is 307. The molecule has 1 fully saturated rings. The van der Waals surface area contributed by atoms with Crippen molar-refractivity contribution in [2.45, 2.75) is 19.4 Å². The van der Waals surface area contributed by atoms with Gasteiger partial charge in [-0.05, 0) is 50.0 Å². The SMILES string of the molecule is Clc1ccc(CNC[C@@H]2CCCNC2)cn1. The predicted octanol–water partition coefficient (Wildman–Crippen LogP) is 1.82. The molecule has 16 heavy (non-hydrogen) atoms. The molecule has 88 valence electrons. The predicted molar refractivity (Wildman–Crippen MR) is 66.5 cm³/mol. The number of aromatic nitrogens is 1. The van der Waals surface area contributed by atoms with Gasteiger partial charge in [0.1, 0.15) is 5.15 Å². The molecule has 1 saturated heterocycles. The Balaban J connectivity index is 1.69. The molecule has 0 spiro atoms. The molecule has 0 amide bonds. The summed E-state index contributed by atoms with van der Waals surface area (Å²) in [5.74, 6) is 0.772. The Labute approximate surface area is 102 Å². The molecule has 2 rings (SSSR count). The van der Waals surface area contributed by atoms with Gasteiger partial charge in [0.2, 0.25) is 0 Å².